The molecule has 1 N–H and O–H groups in total. The second-order valence-corrected chi connectivity index (χ2v) is 8.64. The van der Waals surface area contributed by atoms with E-state index in [0.717, 1.165) is 50.0 Å². The molecular weight excluding hydrogens is 284 g/mol. The summed E-state index contributed by atoms with van der Waals surface area (Å²) in [5, 5.41) is 10.8. The second-order valence-electron chi connectivity index (χ2n) is 7.41. The predicted octanol–water partition coefficient (Wildman–Crippen LogP) is 3.19. The Morgan fingerprint density at radius 3 is 2.48 bits per heavy atom. The standard InChI is InChI=1S/C17H28O3S/c1-13-2-5-17(19,6-3-13)15(18)14-4-9-20-16(12-14)7-10-21-11-8-16/h13-14,19H,2-12H2,1H3. The topological polar surface area (TPSA) is 46.5 Å². The van der Waals surface area contributed by atoms with Crippen molar-refractivity contribution in [2.45, 2.75) is 69.5 Å². The van der Waals surface area contributed by atoms with Gasteiger partial charge in [0.05, 0.1) is 5.60 Å². The van der Waals surface area contributed by atoms with Crippen LogP contribution >= 0.6 is 11.8 Å². The quantitative estimate of drug-likeness (QED) is 0.850. The van der Waals surface area contributed by atoms with Crippen LogP contribution in [0.2, 0.25) is 0 Å². The zero-order valence-corrected chi connectivity index (χ0v) is 13.9. The molecule has 1 unspecified atom stereocenters. The lowest BCUT2D eigenvalue weighted by molar-refractivity contribution is -0.158. The first-order valence-corrected chi connectivity index (χ1v) is 9.67. The van der Waals surface area contributed by atoms with Gasteiger partial charge >= 0.3 is 0 Å². The third kappa shape index (κ3) is 3.32. The third-order valence-corrected chi connectivity index (χ3v) is 6.81. The Balaban J connectivity index is 1.66. The Bertz CT molecular complexity index is 376. The summed E-state index contributed by atoms with van der Waals surface area (Å²) < 4.78 is 6.08. The van der Waals surface area contributed by atoms with Crippen LogP contribution in [0.1, 0.15) is 58.3 Å². The molecule has 3 fully saturated rings. The van der Waals surface area contributed by atoms with Crippen LogP contribution in [-0.4, -0.2) is 40.2 Å². The van der Waals surface area contributed by atoms with Crippen molar-refractivity contribution in [3.8, 4) is 0 Å². The van der Waals surface area contributed by atoms with E-state index in [-0.39, 0.29) is 17.3 Å². The molecule has 0 aromatic rings. The van der Waals surface area contributed by atoms with Gasteiger partial charge in [0.15, 0.2) is 5.78 Å². The van der Waals surface area contributed by atoms with E-state index in [1.54, 1.807) is 0 Å². The van der Waals surface area contributed by atoms with Crippen molar-refractivity contribution in [1.29, 1.82) is 0 Å². The SMILES string of the molecule is CC1CCC(O)(C(=O)C2CCOC3(CCSCC3)C2)CC1. The van der Waals surface area contributed by atoms with Gasteiger partial charge in [-0.3, -0.25) is 4.79 Å². The molecule has 2 heterocycles. The lowest BCUT2D eigenvalue weighted by Gasteiger charge is -2.45. The minimum absolute atomic E-state index is 0.0141. The van der Waals surface area contributed by atoms with Gasteiger partial charge in [0.2, 0.25) is 0 Å². The molecule has 21 heavy (non-hydrogen) atoms. The molecule has 2 saturated heterocycles. The molecule has 0 bridgehead atoms. The van der Waals surface area contributed by atoms with Gasteiger partial charge < -0.3 is 9.84 Å². The van der Waals surface area contributed by atoms with E-state index in [0.29, 0.717) is 25.4 Å². The number of ketones is 1. The second kappa shape index (κ2) is 6.21. The molecule has 2 aliphatic heterocycles. The van der Waals surface area contributed by atoms with Crippen molar-refractivity contribution in [1.82, 2.24) is 0 Å². The average molecular weight is 312 g/mol. The Kier molecular flexibility index (Phi) is 4.68. The number of Topliss-reactive ketones (excluding diaryl/α,β-unsaturated/α-hetero) is 1. The van der Waals surface area contributed by atoms with E-state index in [9.17, 15) is 9.90 Å². The van der Waals surface area contributed by atoms with Gasteiger partial charge in [-0.25, -0.2) is 0 Å². The summed E-state index contributed by atoms with van der Waals surface area (Å²) in [6.07, 6.45) is 7.05. The van der Waals surface area contributed by atoms with Gasteiger partial charge in [-0.2, -0.15) is 11.8 Å². The van der Waals surface area contributed by atoms with Gasteiger partial charge in [0.25, 0.3) is 0 Å². The number of rotatable bonds is 2. The Morgan fingerprint density at radius 1 is 1.14 bits per heavy atom. The van der Waals surface area contributed by atoms with E-state index in [2.05, 4.69) is 6.92 Å². The van der Waals surface area contributed by atoms with Crippen LogP contribution in [0.3, 0.4) is 0 Å². The van der Waals surface area contributed by atoms with Crippen LogP contribution in [-0.2, 0) is 9.53 Å². The van der Waals surface area contributed by atoms with Crippen LogP contribution in [0.5, 0.6) is 0 Å². The van der Waals surface area contributed by atoms with Crippen LogP contribution in [0.25, 0.3) is 0 Å². The number of carbonyl (C=O) groups is 1. The van der Waals surface area contributed by atoms with Gasteiger partial charge in [-0.05, 0) is 68.8 Å². The van der Waals surface area contributed by atoms with E-state index < -0.39 is 5.60 Å². The maximum Gasteiger partial charge on any atom is 0.167 e. The lowest BCUT2D eigenvalue weighted by atomic mass is 9.70. The Labute approximate surface area is 132 Å². The van der Waals surface area contributed by atoms with Gasteiger partial charge in [0, 0.05) is 12.5 Å². The van der Waals surface area contributed by atoms with Crippen molar-refractivity contribution >= 4 is 17.5 Å². The molecule has 0 radical (unpaired) electrons. The molecule has 1 spiro atoms. The van der Waals surface area contributed by atoms with Crippen molar-refractivity contribution in [3.05, 3.63) is 0 Å². The van der Waals surface area contributed by atoms with E-state index >= 15 is 0 Å². The summed E-state index contributed by atoms with van der Waals surface area (Å²) in [7, 11) is 0. The molecule has 3 nitrogen and oxygen atoms in total. The van der Waals surface area contributed by atoms with Crippen LogP contribution in [0.4, 0.5) is 0 Å². The number of hydrogen-bond acceptors (Lipinski definition) is 4. The van der Waals surface area contributed by atoms with Gasteiger partial charge in [-0.1, -0.05) is 6.92 Å². The third-order valence-electron chi connectivity index (χ3n) is 5.83. The fourth-order valence-electron chi connectivity index (χ4n) is 4.21. The molecule has 0 aromatic carbocycles. The number of ether oxygens (including phenoxy) is 1. The highest BCUT2D eigenvalue weighted by atomic mass is 32.2. The monoisotopic (exact) mass is 312 g/mol. The molecule has 0 amide bonds. The molecule has 1 atom stereocenters. The maximum atomic E-state index is 12.9. The van der Waals surface area contributed by atoms with E-state index in [1.165, 1.54) is 0 Å². The summed E-state index contributed by atoms with van der Waals surface area (Å²) >= 11 is 1.99. The highest BCUT2D eigenvalue weighted by Gasteiger charge is 2.47. The van der Waals surface area contributed by atoms with Gasteiger partial charge in [-0.15, -0.1) is 0 Å². The molecular formula is C17H28O3S. The Hall–Kier alpha value is -0.0600. The minimum Gasteiger partial charge on any atom is -0.382 e. The summed E-state index contributed by atoms with van der Waals surface area (Å²) in [4.78, 5) is 12.9. The van der Waals surface area contributed by atoms with Gasteiger partial charge in [0.1, 0.15) is 5.60 Å². The lowest BCUT2D eigenvalue weighted by Crippen LogP contribution is -2.51. The van der Waals surface area contributed by atoms with Crippen LogP contribution in [0.15, 0.2) is 0 Å². The predicted molar refractivity (Wildman–Crippen MR) is 85.6 cm³/mol. The molecule has 0 aromatic heterocycles. The highest BCUT2D eigenvalue weighted by molar-refractivity contribution is 7.99. The summed E-state index contributed by atoms with van der Waals surface area (Å²) in [6.45, 7) is 2.90. The fourth-order valence-corrected chi connectivity index (χ4v) is 5.45. The highest BCUT2D eigenvalue weighted by Crippen LogP contribution is 2.43. The average Bonchev–Trinajstić information content (AvgIpc) is 2.50. The molecule has 120 valence electrons. The molecule has 3 aliphatic rings. The molecule has 3 rings (SSSR count). The van der Waals surface area contributed by atoms with E-state index in [4.69, 9.17) is 4.74 Å². The molecule has 1 saturated carbocycles. The number of thioether (sulfide) groups is 1. The normalized spacial score (nSPS) is 40.1. The largest absolute Gasteiger partial charge is 0.382 e. The first-order chi connectivity index (χ1) is 10.0. The minimum atomic E-state index is -1.04. The summed E-state index contributed by atoms with van der Waals surface area (Å²) in [5.74, 6) is 3.07. The number of hydrogen-bond donors (Lipinski definition) is 1. The van der Waals surface area contributed by atoms with Crippen LogP contribution in [0, 0.1) is 11.8 Å². The van der Waals surface area contributed by atoms with Crippen molar-refractivity contribution in [3.63, 3.8) is 0 Å². The fraction of sp³-hybridized carbons (Fsp3) is 0.941. The van der Waals surface area contributed by atoms with Crippen molar-refractivity contribution in [2.75, 3.05) is 18.1 Å². The number of aliphatic hydroxyl groups is 1. The molecule has 1 aliphatic carbocycles. The first kappa shape index (κ1) is 15.8. The summed E-state index contributed by atoms with van der Waals surface area (Å²) in [6, 6.07) is 0. The van der Waals surface area contributed by atoms with Crippen molar-refractivity contribution in [2.24, 2.45) is 11.8 Å². The Morgan fingerprint density at radius 2 is 1.81 bits per heavy atom. The smallest absolute Gasteiger partial charge is 0.167 e. The maximum absolute atomic E-state index is 12.9. The zero-order valence-electron chi connectivity index (χ0n) is 13.1. The van der Waals surface area contributed by atoms with Crippen LogP contribution < -0.4 is 0 Å². The van der Waals surface area contributed by atoms with E-state index in [1.807, 2.05) is 11.8 Å². The molecule has 4 heteroatoms. The van der Waals surface area contributed by atoms with Crippen molar-refractivity contribution < 1.29 is 14.6 Å². The number of carbonyl (C=O) groups excluding carboxylic acids is 1. The zero-order chi connectivity index (χ0) is 14.9. The first-order valence-electron chi connectivity index (χ1n) is 8.51. The summed E-state index contributed by atoms with van der Waals surface area (Å²) in [5.41, 5.74) is -1.11.